The van der Waals surface area contributed by atoms with Gasteiger partial charge in [-0.25, -0.2) is 19.9 Å². The van der Waals surface area contributed by atoms with E-state index in [9.17, 15) is 0 Å². The summed E-state index contributed by atoms with van der Waals surface area (Å²) in [5.74, 6) is 1.36. The number of aromatic nitrogens is 5. The smallest absolute Gasteiger partial charge is 0.225 e. The van der Waals surface area contributed by atoms with Crippen LogP contribution >= 0.6 is 0 Å². The van der Waals surface area contributed by atoms with Crippen LogP contribution in [0.1, 0.15) is 11.1 Å². The zero-order valence-corrected chi connectivity index (χ0v) is 16.8. The molecule has 0 atom stereocenters. The summed E-state index contributed by atoms with van der Waals surface area (Å²) >= 11 is 0. The Morgan fingerprint density at radius 3 is 2.77 bits per heavy atom. The molecule has 9 heteroatoms. The van der Waals surface area contributed by atoms with Gasteiger partial charge < -0.3 is 19.4 Å². The van der Waals surface area contributed by atoms with Crippen LogP contribution in [0.5, 0.6) is 0 Å². The van der Waals surface area contributed by atoms with Crippen molar-refractivity contribution in [3.63, 3.8) is 0 Å². The average Bonchev–Trinajstić information content (AvgIpc) is 3.49. The number of nitrogens with zero attached hydrogens (tertiary/aromatic N) is 7. The molecule has 2 aliphatic rings. The lowest BCUT2D eigenvalue weighted by atomic mass is 10.0. The van der Waals surface area contributed by atoms with Gasteiger partial charge >= 0.3 is 0 Å². The number of aliphatic imine (C=N–C) groups is 1. The second-order valence-corrected chi connectivity index (χ2v) is 7.51. The minimum absolute atomic E-state index is 0.655. The van der Waals surface area contributed by atoms with Gasteiger partial charge in [0.25, 0.3) is 0 Å². The molecule has 154 valence electrons. The average molecular weight is 412 g/mol. The van der Waals surface area contributed by atoms with Crippen LogP contribution in [0.25, 0.3) is 16.9 Å². The summed E-state index contributed by atoms with van der Waals surface area (Å²) in [6, 6.07) is 6.31. The molecule has 1 fully saturated rings. The van der Waals surface area contributed by atoms with Crippen molar-refractivity contribution in [1.29, 1.82) is 0 Å². The predicted octanol–water partition coefficient (Wildman–Crippen LogP) is 2.70. The molecule has 0 spiro atoms. The van der Waals surface area contributed by atoms with Crippen molar-refractivity contribution in [2.45, 2.75) is 6.54 Å². The maximum atomic E-state index is 5.40. The van der Waals surface area contributed by atoms with Crippen LogP contribution in [0.2, 0.25) is 0 Å². The Morgan fingerprint density at radius 1 is 1.03 bits per heavy atom. The molecule has 4 aromatic rings. The van der Waals surface area contributed by atoms with Gasteiger partial charge in [0.1, 0.15) is 0 Å². The van der Waals surface area contributed by atoms with Crippen molar-refractivity contribution >= 4 is 29.3 Å². The predicted molar refractivity (Wildman–Crippen MR) is 118 cm³/mol. The minimum Gasteiger partial charge on any atom is -0.378 e. The van der Waals surface area contributed by atoms with Gasteiger partial charge in [-0.1, -0.05) is 12.1 Å². The van der Waals surface area contributed by atoms with Gasteiger partial charge in [-0.15, -0.1) is 0 Å². The number of rotatable bonds is 4. The molecule has 1 N–H and O–H groups in total. The van der Waals surface area contributed by atoms with Gasteiger partial charge in [0, 0.05) is 43.5 Å². The highest BCUT2D eigenvalue weighted by molar-refractivity contribution is 5.86. The number of imidazole rings is 1. The molecule has 0 unspecified atom stereocenters. The summed E-state index contributed by atoms with van der Waals surface area (Å²) in [6.45, 7) is 3.72. The Hall–Kier alpha value is -3.85. The number of hydrogen-bond acceptors (Lipinski definition) is 8. The molecule has 3 aromatic heterocycles. The second-order valence-electron chi connectivity index (χ2n) is 7.51. The third-order valence-electron chi connectivity index (χ3n) is 5.50. The normalized spacial score (nSPS) is 15.4. The standard InChI is InChI=1S/C22H20N8O/c1-2-16-10-23-11-17(16)9-15(1)19-14-30-4-3-24-21(30)20(28-19)27-18-12-25-22(26-13-18)29-5-7-31-8-6-29/h1-4,9-10,12-14H,5-8,11H2,(H,27,28). The number of fused-ring (bicyclic) bond motifs is 2. The number of anilines is 3. The van der Waals surface area contributed by atoms with E-state index in [0.717, 1.165) is 35.7 Å². The molecule has 0 bridgehead atoms. The van der Waals surface area contributed by atoms with Gasteiger partial charge in [-0.2, -0.15) is 0 Å². The van der Waals surface area contributed by atoms with E-state index >= 15 is 0 Å². The third-order valence-corrected chi connectivity index (χ3v) is 5.50. The van der Waals surface area contributed by atoms with Crippen LogP contribution in [-0.4, -0.2) is 56.9 Å². The first-order valence-electron chi connectivity index (χ1n) is 10.2. The van der Waals surface area contributed by atoms with E-state index in [4.69, 9.17) is 9.72 Å². The molecule has 31 heavy (non-hydrogen) atoms. The monoisotopic (exact) mass is 412 g/mol. The number of benzene rings is 1. The molecule has 6 rings (SSSR count). The summed E-state index contributed by atoms with van der Waals surface area (Å²) in [5, 5.41) is 3.34. The van der Waals surface area contributed by atoms with E-state index in [1.807, 2.05) is 23.0 Å². The van der Waals surface area contributed by atoms with Crippen molar-refractivity contribution in [3.8, 4) is 11.3 Å². The molecule has 0 aliphatic carbocycles. The van der Waals surface area contributed by atoms with Crippen molar-refractivity contribution < 1.29 is 4.74 Å². The third kappa shape index (κ3) is 3.38. The van der Waals surface area contributed by atoms with Crippen LogP contribution in [0.15, 0.2) is 54.2 Å². The van der Waals surface area contributed by atoms with E-state index in [1.165, 1.54) is 11.1 Å². The fourth-order valence-corrected chi connectivity index (χ4v) is 3.87. The highest BCUT2D eigenvalue weighted by Crippen LogP contribution is 2.27. The Bertz CT molecular complexity index is 1270. The second kappa shape index (κ2) is 7.44. The van der Waals surface area contributed by atoms with Crippen LogP contribution in [-0.2, 0) is 11.3 Å². The van der Waals surface area contributed by atoms with Crippen molar-refractivity contribution in [2.75, 3.05) is 36.5 Å². The van der Waals surface area contributed by atoms with Gasteiger partial charge in [0.2, 0.25) is 5.95 Å². The van der Waals surface area contributed by atoms with Crippen LogP contribution < -0.4 is 10.2 Å². The Labute approximate surface area is 178 Å². The summed E-state index contributed by atoms with van der Waals surface area (Å²) in [6.07, 6.45) is 11.1. The van der Waals surface area contributed by atoms with Crippen LogP contribution in [0, 0.1) is 0 Å². The summed E-state index contributed by atoms with van der Waals surface area (Å²) in [7, 11) is 0. The molecule has 5 heterocycles. The van der Waals surface area contributed by atoms with Crippen LogP contribution in [0.4, 0.5) is 17.5 Å². The van der Waals surface area contributed by atoms with Gasteiger partial charge in [0.15, 0.2) is 11.5 Å². The highest BCUT2D eigenvalue weighted by Gasteiger charge is 2.15. The zero-order chi connectivity index (χ0) is 20.6. The Kier molecular flexibility index (Phi) is 4.31. The maximum absolute atomic E-state index is 5.40. The molecule has 9 nitrogen and oxygen atoms in total. The minimum atomic E-state index is 0.655. The zero-order valence-electron chi connectivity index (χ0n) is 16.8. The number of nitrogens with one attached hydrogen (secondary N) is 1. The fourth-order valence-electron chi connectivity index (χ4n) is 3.87. The lowest BCUT2D eigenvalue weighted by Gasteiger charge is -2.26. The van der Waals surface area contributed by atoms with E-state index in [0.29, 0.717) is 31.5 Å². The lowest BCUT2D eigenvalue weighted by Crippen LogP contribution is -2.37. The van der Waals surface area contributed by atoms with Crippen molar-refractivity contribution in [1.82, 2.24) is 24.3 Å². The number of ether oxygens (including phenoxy) is 1. The van der Waals surface area contributed by atoms with Gasteiger partial charge in [0.05, 0.1) is 43.5 Å². The molecule has 0 radical (unpaired) electrons. The molecular formula is C22H20N8O. The fraction of sp³-hybridized carbons (Fsp3) is 0.227. The van der Waals surface area contributed by atoms with Crippen LogP contribution in [0.3, 0.4) is 0 Å². The van der Waals surface area contributed by atoms with E-state index in [-0.39, 0.29) is 0 Å². The summed E-state index contributed by atoms with van der Waals surface area (Å²) < 4.78 is 7.36. The first-order chi connectivity index (χ1) is 15.3. The SMILES string of the molecule is C1=NCc2cc(-c3cn4ccnc4c(Nc4cnc(N5CCOCC5)nc4)n3)ccc21. The van der Waals surface area contributed by atoms with Crippen molar-refractivity contribution in [2.24, 2.45) is 4.99 Å². The summed E-state index contributed by atoms with van der Waals surface area (Å²) in [4.78, 5) is 24.8. The Balaban J connectivity index is 1.32. The largest absolute Gasteiger partial charge is 0.378 e. The van der Waals surface area contributed by atoms with E-state index < -0.39 is 0 Å². The number of hydrogen-bond donors (Lipinski definition) is 1. The molecule has 1 aromatic carbocycles. The summed E-state index contributed by atoms with van der Waals surface area (Å²) in [5.41, 5.74) is 5.78. The van der Waals surface area contributed by atoms with E-state index in [2.05, 4.69) is 48.4 Å². The first kappa shape index (κ1) is 18.0. The maximum Gasteiger partial charge on any atom is 0.225 e. The molecule has 1 saturated heterocycles. The van der Waals surface area contributed by atoms with Gasteiger partial charge in [-0.3, -0.25) is 4.99 Å². The van der Waals surface area contributed by atoms with Crippen molar-refractivity contribution in [3.05, 3.63) is 60.3 Å². The Morgan fingerprint density at radius 2 is 1.90 bits per heavy atom. The first-order valence-corrected chi connectivity index (χ1v) is 10.2. The topological polar surface area (TPSA) is 92.8 Å². The molecule has 0 amide bonds. The van der Waals surface area contributed by atoms with Gasteiger partial charge in [-0.05, 0) is 17.2 Å². The van der Waals surface area contributed by atoms with E-state index in [1.54, 1.807) is 18.6 Å². The quantitative estimate of drug-likeness (QED) is 0.551. The molecular weight excluding hydrogens is 392 g/mol. The highest BCUT2D eigenvalue weighted by atomic mass is 16.5. The lowest BCUT2D eigenvalue weighted by molar-refractivity contribution is 0.122. The molecule has 2 aliphatic heterocycles. The number of morpholine rings is 1. The molecule has 0 saturated carbocycles.